The first-order chi connectivity index (χ1) is 8.99. The summed E-state index contributed by atoms with van der Waals surface area (Å²) in [4.78, 5) is 17.8. The Bertz CT molecular complexity index is 486. The van der Waals surface area contributed by atoms with Crippen LogP contribution < -0.4 is 10.1 Å². The van der Waals surface area contributed by atoms with E-state index in [0.29, 0.717) is 6.42 Å². The second-order valence-corrected chi connectivity index (χ2v) is 6.63. The molecule has 0 fully saturated rings. The molecular formula is C13H20NO4P. The van der Waals surface area contributed by atoms with Gasteiger partial charge >= 0.3 is 7.60 Å². The molecule has 0 amide bonds. The fourth-order valence-corrected chi connectivity index (χ4v) is 3.10. The van der Waals surface area contributed by atoms with Gasteiger partial charge in [-0.3, -0.25) is 4.57 Å². The van der Waals surface area contributed by atoms with Crippen LogP contribution in [0.15, 0.2) is 18.2 Å². The highest BCUT2D eigenvalue weighted by Gasteiger charge is 2.21. The molecular weight excluding hydrogens is 265 g/mol. The van der Waals surface area contributed by atoms with Gasteiger partial charge in [-0.05, 0) is 49.1 Å². The van der Waals surface area contributed by atoms with Gasteiger partial charge < -0.3 is 19.8 Å². The molecule has 19 heavy (non-hydrogen) atoms. The van der Waals surface area contributed by atoms with Crippen LogP contribution >= 0.6 is 7.60 Å². The number of ether oxygens (including phenoxy) is 1. The second-order valence-electron chi connectivity index (χ2n) is 4.85. The predicted molar refractivity (Wildman–Crippen MR) is 73.6 cm³/mol. The molecule has 1 unspecified atom stereocenters. The highest BCUT2D eigenvalue weighted by atomic mass is 31.2. The first-order valence-electron chi connectivity index (χ1n) is 6.44. The molecule has 5 nitrogen and oxygen atoms in total. The van der Waals surface area contributed by atoms with Gasteiger partial charge in [-0.15, -0.1) is 0 Å². The van der Waals surface area contributed by atoms with E-state index in [2.05, 4.69) is 11.4 Å². The number of fused-ring (bicyclic) bond motifs is 1. The lowest BCUT2D eigenvalue weighted by Gasteiger charge is -2.27. The lowest BCUT2D eigenvalue weighted by Crippen LogP contribution is -2.30. The van der Waals surface area contributed by atoms with E-state index in [9.17, 15) is 4.57 Å². The van der Waals surface area contributed by atoms with Crippen LogP contribution in [0.4, 0.5) is 0 Å². The molecule has 0 aromatic heterocycles. The zero-order valence-corrected chi connectivity index (χ0v) is 11.9. The molecule has 1 aromatic rings. The molecule has 1 aliphatic heterocycles. The Morgan fingerprint density at radius 3 is 2.95 bits per heavy atom. The van der Waals surface area contributed by atoms with Gasteiger partial charge in [0.15, 0.2) is 0 Å². The van der Waals surface area contributed by atoms with Crippen LogP contribution in [0.5, 0.6) is 5.75 Å². The Kier molecular flexibility index (Phi) is 4.63. The summed E-state index contributed by atoms with van der Waals surface area (Å²) in [6.07, 6.45) is 2.17. The molecule has 0 aliphatic carbocycles. The van der Waals surface area contributed by atoms with Crippen LogP contribution in [-0.4, -0.2) is 29.6 Å². The molecule has 0 spiro atoms. The zero-order chi connectivity index (χ0) is 13.9. The van der Waals surface area contributed by atoms with E-state index in [1.807, 2.05) is 12.1 Å². The molecule has 106 valence electrons. The van der Waals surface area contributed by atoms with Crippen molar-refractivity contribution in [2.45, 2.75) is 25.3 Å². The summed E-state index contributed by atoms with van der Waals surface area (Å²) in [6, 6.07) is 6.20. The number of nitrogens with one attached hydrogen (secondary N) is 1. The molecule has 0 saturated carbocycles. The third-order valence-corrected chi connectivity index (χ3v) is 4.35. The standard InChI is InChI=1S/C13H20NO4P/c1-18-11-5-4-10-6-7-14-13(12(10)9-11)3-2-8-19(15,16)17/h4-5,9,13-14H,2-3,6-8H2,1H3,(H2,15,16,17). The minimum Gasteiger partial charge on any atom is -0.497 e. The summed E-state index contributed by atoms with van der Waals surface area (Å²) >= 11 is 0. The van der Waals surface area contributed by atoms with Crippen molar-refractivity contribution in [2.24, 2.45) is 0 Å². The van der Waals surface area contributed by atoms with Crippen molar-refractivity contribution < 1.29 is 19.1 Å². The van der Waals surface area contributed by atoms with E-state index in [0.717, 1.165) is 25.1 Å². The van der Waals surface area contributed by atoms with Crippen LogP contribution in [0.2, 0.25) is 0 Å². The van der Waals surface area contributed by atoms with Crippen molar-refractivity contribution in [2.75, 3.05) is 19.8 Å². The maximum atomic E-state index is 10.9. The van der Waals surface area contributed by atoms with Gasteiger partial charge in [0.1, 0.15) is 5.75 Å². The van der Waals surface area contributed by atoms with Gasteiger partial charge in [-0.1, -0.05) is 6.07 Å². The van der Waals surface area contributed by atoms with Gasteiger partial charge in [-0.2, -0.15) is 0 Å². The van der Waals surface area contributed by atoms with Gasteiger partial charge in [0.2, 0.25) is 0 Å². The van der Waals surface area contributed by atoms with Gasteiger partial charge in [-0.25, -0.2) is 0 Å². The summed E-state index contributed by atoms with van der Waals surface area (Å²) in [5.74, 6) is 0.822. The Balaban J connectivity index is 2.06. The van der Waals surface area contributed by atoms with Crippen LogP contribution in [0.3, 0.4) is 0 Å². The van der Waals surface area contributed by atoms with E-state index in [1.54, 1.807) is 7.11 Å². The Morgan fingerprint density at radius 1 is 1.47 bits per heavy atom. The average molecular weight is 285 g/mol. The molecule has 0 bridgehead atoms. The van der Waals surface area contributed by atoms with Gasteiger partial charge in [0, 0.05) is 12.2 Å². The SMILES string of the molecule is COc1ccc2c(c1)C(CCCP(=O)(O)O)NCC2. The molecule has 6 heteroatoms. The van der Waals surface area contributed by atoms with E-state index >= 15 is 0 Å². The van der Waals surface area contributed by atoms with Gasteiger partial charge in [0.25, 0.3) is 0 Å². The molecule has 1 heterocycles. The molecule has 0 saturated heterocycles. The quantitative estimate of drug-likeness (QED) is 0.719. The Hall–Kier alpha value is -0.870. The summed E-state index contributed by atoms with van der Waals surface area (Å²) in [6.45, 7) is 0.903. The van der Waals surface area contributed by atoms with Crippen LogP contribution in [0.25, 0.3) is 0 Å². The maximum Gasteiger partial charge on any atom is 0.325 e. The molecule has 1 aromatic carbocycles. The van der Waals surface area contributed by atoms with Gasteiger partial charge in [0.05, 0.1) is 7.11 Å². The minimum absolute atomic E-state index is 0.0511. The number of hydrogen-bond acceptors (Lipinski definition) is 3. The van der Waals surface area contributed by atoms with Crippen LogP contribution in [-0.2, 0) is 11.0 Å². The van der Waals surface area contributed by atoms with E-state index < -0.39 is 7.60 Å². The van der Waals surface area contributed by atoms with Crippen molar-refractivity contribution in [3.05, 3.63) is 29.3 Å². The Morgan fingerprint density at radius 2 is 2.26 bits per heavy atom. The first kappa shape index (κ1) is 14.5. The first-order valence-corrected chi connectivity index (χ1v) is 8.24. The number of hydrogen-bond donors (Lipinski definition) is 3. The third-order valence-electron chi connectivity index (χ3n) is 3.46. The summed E-state index contributed by atoms with van der Waals surface area (Å²) < 4.78 is 16.1. The van der Waals surface area contributed by atoms with E-state index in [1.165, 1.54) is 11.1 Å². The fraction of sp³-hybridized carbons (Fsp3) is 0.538. The van der Waals surface area contributed by atoms with E-state index in [4.69, 9.17) is 14.5 Å². The fourth-order valence-electron chi connectivity index (χ4n) is 2.50. The van der Waals surface area contributed by atoms with Crippen molar-refractivity contribution in [3.8, 4) is 5.75 Å². The summed E-state index contributed by atoms with van der Waals surface area (Å²) in [5.41, 5.74) is 2.48. The normalized spacial score (nSPS) is 19.0. The van der Waals surface area contributed by atoms with E-state index in [-0.39, 0.29) is 12.2 Å². The highest BCUT2D eigenvalue weighted by molar-refractivity contribution is 7.51. The van der Waals surface area contributed by atoms with Crippen molar-refractivity contribution in [1.29, 1.82) is 0 Å². The lowest BCUT2D eigenvalue weighted by molar-refractivity contribution is 0.367. The lowest BCUT2D eigenvalue weighted by atomic mass is 9.91. The molecule has 3 N–H and O–H groups in total. The largest absolute Gasteiger partial charge is 0.497 e. The Labute approximate surface area is 113 Å². The number of benzene rings is 1. The maximum absolute atomic E-state index is 10.9. The van der Waals surface area contributed by atoms with Crippen LogP contribution in [0.1, 0.15) is 30.0 Å². The number of methoxy groups -OCH3 is 1. The van der Waals surface area contributed by atoms with Crippen molar-refractivity contribution in [1.82, 2.24) is 5.32 Å². The zero-order valence-electron chi connectivity index (χ0n) is 11.0. The molecule has 1 atom stereocenters. The smallest absolute Gasteiger partial charge is 0.325 e. The summed E-state index contributed by atoms with van der Waals surface area (Å²) in [7, 11) is -2.25. The predicted octanol–water partition coefficient (Wildman–Crippen LogP) is 1.84. The molecule has 2 rings (SSSR count). The molecule has 1 aliphatic rings. The van der Waals surface area contributed by atoms with Crippen molar-refractivity contribution in [3.63, 3.8) is 0 Å². The molecule has 0 radical (unpaired) electrons. The third kappa shape index (κ3) is 4.05. The topological polar surface area (TPSA) is 78.8 Å². The van der Waals surface area contributed by atoms with Crippen molar-refractivity contribution >= 4 is 7.60 Å². The summed E-state index contributed by atoms with van der Waals surface area (Å²) in [5, 5.41) is 3.40. The average Bonchev–Trinajstić information content (AvgIpc) is 2.37. The highest BCUT2D eigenvalue weighted by Crippen LogP contribution is 2.37. The second kappa shape index (κ2) is 6.06. The number of rotatable bonds is 5. The monoisotopic (exact) mass is 285 g/mol. The van der Waals surface area contributed by atoms with Crippen LogP contribution in [0, 0.1) is 0 Å². The minimum atomic E-state index is -3.89.